The summed E-state index contributed by atoms with van der Waals surface area (Å²) < 4.78 is 13.4. The number of aliphatic carboxylic acids is 1. The van der Waals surface area contributed by atoms with Crippen molar-refractivity contribution in [2.45, 2.75) is 32.2 Å². The average molecular weight is 307 g/mol. The van der Waals surface area contributed by atoms with Gasteiger partial charge in [0.1, 0.15) is 17.6 Å². The molecule has 4 nitrogen and oxygen atoms in total. The highest BCUT2D eigenvalue weighted by Gasteiger charge is 2.48. The minimum atomic E-state index is -1.04. The third-order valence-electron chi connectivity index (χ3n) is 5.03. The second-order valence-corrected chi connectivity index (χ2v) is 6.47. The van der Waals surface area contributed by atoms with Gasteiger partial charge in [0.15, 0.2) is 0 Å². The van der Waals surface area contributed by atoms with E-state index in [1.165, 1.54) is 12.1 Å². The van der Waals surface area contributed by atoms with Gasteiger partial charge in [-0.1, -0.05) is 26.0 Å². The van der Waals surface area contributed by atoms with Crippen LogP contribution in [0.15, 0.2) is 24.3 Å². The first kappa shape index (κ1) is 16.6. The summed E-state index contributed by atoms with van der Waals surface area (Å²) >= 11 is 0. The van der Waals surface area contributed by atoms with Gasteiger partial charge in [-0.15, -0.1) is 0 Å². The predicted octanol–water partition coefficient (Wildman–Crippen LogP) is 2.54. The molecule has 0 amide bonds. The first-order chi connectivity index (χ1) is 10.3. The lowest BCUT2D eigenvalue weighted by Crippen LogP contribution is -2.55. The highest BCUT2D eigenvalue weighted by Crippen LogP contribution is 2.38. The number of carbonyl (C=O) groups is 2. The van der Waals surface area contributed by atoms with Crippen molar-refractivity contribution >= 4 is 12.3 Å². The number of hydrogen-bond donors (Lipinski definition) is 1. The zero-order chi connectivity index (χ0) is 16.5. The number of halogens is 1. The van der Waals surface area contributed by atoms with Crippen molar-refractivity contribution in [2.75, 3.05) is 13.1 Å². The topological polar surface area (TPSA) is 57.6 Å². The summed E-state index contributed by atoms with van der Waals surface area (Å²) in [5.74, 6) is -1.84. The molecule has 1 saturated heterocycles. The fourth-order valence-electron chi connectivity index (χ4n) is 3.18. The number of carbonyl (C=O) groups excluding carboxylic acids is 1. The van der Waals surface area contributed by atoms with E-state index in [4.69, 9.17) is 0 Å². The lowest BCUT2D eigenvalue weighted by molar-refractivity contribution is -0.153. The smallest absolute Gasteiger partial charge is 0.324 e. The molecule has 2 rings (SSSR count). The molecule has 0 radical (unpaired) electrons. The monoisotopic (exact) mass is 307 g/mol. The lowest BCUT2D eigenvalue weighted by atomic mass is 9.86. The van der Waals surface area contributed by atoms with Crippen LogP contribution in [-0.2, 0) is 9.59 Å². The van der Waals surface area contributed by atoms with Crippen molar-refractivity contribution in [1.29, 1.82) is 0 Å². The van der Waals surface area contributed by atoms with Gasteiger partial charge in [-0.25, -0.2) is 4.39 Å². The number of carboxylic acids is 1. The third-order valence-corrected chi connectivity index (χ3v) is 5.03. The van der Waals surface area contributed by atoms with Crippen LogP contribution in [-0.4, -0.2) is 40.9 Å². The Kier molecular flexibility index (Phi) is 4.66. The summed E-state index contributed by atoms with van der Waals surface area (Å²) in [4.78, 5) is 25.0. The molecule has 0 aromatic heterocycles. The number of rotatable bonds is 5. The van der Waals surface area contributed by atoms with E-state index in [-0.39, 0.29) is 23.6 Å². The number of likely N-dealkylation sites (tertiary alicyclic amines) is 1. The molecule has 0 unspecified atom stereocenters. The van der Waals surface area contributed by atoms with Crippen LogP contribution in [0, 0.1) is 17.7 Å². The molecule has 0 aliphatic carbocycles. The molecular weight excluding hydrogens is 285 g/mol. The Morgan fingerprint density at radius 1 is 1.45 bits per heavy atom. The van der Waals surface area contributed by atoms with Crippen molar-refractivity contribution < 1.29 is 19.1 Å². The van der Waals surface area contributed by atoms with Crippen molar-refractivity contribution in [3.63, 3.8) is 0 Å². The minimum Gasteiger partial charge on any atom is -0.480 e. The Balaban J connectivity index is 2.33. The standard InChI is InChI=1S/C17H22FNO3/c1-11(2)17(3,16(21)22)19-8-13(10-20)15(9-19)12-5-4-6-14(18)7-12/h4-7,10-11,13,15H,8-9H2,1-3H3,(H,21,22)/t13-,15-,17-/m1/s1. The van der Waals surface area contributed by atoms with E-state index >= 15 is 0 Å². The van der Waals surface area contributed by atoms with Crippen LogP contribution in [0.4, 0.5) is 4.39 Å². The average Bonchev–Trinajstić information content (AvgIpc) is 2.90. The van der Waals surface area contributed by atoms with E-state index in [1.54, 1.807) is 19.1 Å². The molecule has 1 aliphatic heterocycles. The third kappa shape index (κ3) is 2.77. The summed E-state index contributed by atoms with van der Waals surface area (Å²) in [5.41, 5.74) is -0.292. The quantitative estimate of drug-likeness (QED) is 0.849. The maximum Gasteiger partial charge on any atom is 0.324 e. The van der Waals surface area contributed by atoms with Gasteiger partial charge in [-0.3, -0.25) is 9.69 Å². The molecular formula is C17H22FNO3. The Labute approximate surface area is 129 Å². The fourth-order valence-corrected chi connectivity index (χ4v) is 3.18. The van der Waals surface area contributed by atoms with E-state index in [1.807, 2.05) is 18.7 Å². The van der Waals surface area contributed by atoms with Gasteiger partial charge in [0, 0.05) is 24.9 Å². The number of benzene rings is 1. The van der Waals surface area contributed by atoms with Crippen LogP contribution in [0.3, 0.4) is 0 Å². The Morgan fingerprint density at radius 2 is 2.14 bits per heavy atom. The van der Waals surface area contributed by atoms with Crippen molar-refractivity contribution in [3.8, 4) is 0 Å². The largest absolute Gasteiger partial charge is 0.480 e. The normalized spacial score (nSPS) is 25.1. The molecule has 120 valence electrons. The van der Waals surface area contributed by atoms with Crippen LogP contribution in [0.1, 0.15) is 32.3 Å². The maximum atomic E-state index is 13.4. The summed E-state index contributed by atoms with van der Waals surface area (Å²) in [5, 5.41) is 9.63. The zero-order valence-electron chi connectivity index (χ0n) is 13.1. The first-order valence-corrected chi connectivity index (χ1v) is 7.50. The molecule has 22 heavy (non-hydrogen) atoms. The Morgan fingerprint density at radius 3 is 2.64 bits per heavy atom. The molecule has 5 heteroatoms. The molecule has 1 aromatic carbocycles. The van der Waals surface area contributed by atoms with E-state index in [0.717, 1.165) is 11.8 Å². The van der Waals surface area contributed by atoms with Crippen LogP contribution >= 0.6 is 0 Å². The fraction of sp³-hybridized carbons (Fsp3) is 0.529. The Hall–Kier alpha value is -1.75. The minimum absolute atomic E-state index is 0.108. The van der Waals surface area contributed by atoms with Crippen LogP contribution < -0.4 is 0 Å². The van der Waals surface area contributed by atoms with E-state index in [0.29, 0.717) is 13.1 Å². The van der Waals surface area contributed by atoms with E-state index in [9.17, 15) is 19.1 Å². The van der Waals surface area contributed by atoms with Gasteiger partial charge in [-0.2, -0.15) is 0 Å². The highest BCUT2D eigenvalue weighted by atomic mass is 19.1. The summed E-state index contributed by atoms with van der Waals surface area (Å²) in [6.45, 7) is 6.23. The van der Waals surface area contributed by atoms with Gasteiger partial charge in [0.25, 0.3) is 0 Å². The van der Waals surface area contributed by atoms with Crippen LogP contribution in [0.2, 0.25) is 0 Å². The number of hydrogen-bond acceptors (Lipinski definition) is 3. The van der Waals surface area contributed by atoms with Gasteiger partial charge in [-0.05, 0) is 30.5 Å². The maximum absolute atomic E-state index is 13.4. The molecule has 1 fully saturated rings. The molecule has 1 aromatic rings. The lowest BCUT2D eigenvalue weighted by Gasteiger charge is -2.38. The second-order valence-electron chi connectivity index (χ2n) is 6.47. The van der Waals surface area contributed by atoms with Gasteiger partial charge >= 0.3 is 5.97 Å². The second kappa shape index (κ2) is 6.16. The molecule has 0 saturated carbocycles. The van der Waals surface area contributed by atoms with Crippen molar-refractivity contribution in [2.24, 2.45) is 11.8 Å². The van der Waals surface area contributed by atoms with Gasteiger partial charge in [0.05, 0.1) is 0 Å². The highest BCUT2D eigenvalue weighted by molar-refractivity contribution is 5.79. The van der Waals surface area contributed by atoms with Crippen LogP contribution in [0.5, 0.6) is 0 Å². The van der Waals surface area contributed by atoms with Gasteiger partial charge in [0.2, 0.25) is 0 Å². The molecule has 3 atom stereocenters. The molecule has 1 aliphatic rings. The zero-order valence-corrected chi connectivity index (χ0v) is 13.1. The van der Waals surface area contributed by atoms with E-state index < -0.39 is 11.5 Å². The molecule has 0 spiro atoms. The number of carboxylic acid groups (broad SMARTS) is 1. The Bertz CT molecular complexity index is 575. The summed E-state index contributed by atoms with van der Waals surface area (Å²) in [7, 11) is 0. The SMILES string of the molecule is CC(C)[C@](C)(C(=O)O)N1C[C@H](c2cccc(F)c2)[C@@H](C=O)C1. The van der Waals surface area contributed by atoms with Gasteiger partial charge < -0.3 is 9.90 Å². The van der Waals surface area contributed by atoms with Crippen molar-refractivity contribution in [1.82, 2.24) is 4.90 Å². The van der Waals surface area contributed by atoms with Crippen molar-refractivity contribution in [3.05, 3.63) is 35.6 Å². The summed E-state index contributed by atoms with van der Waals surface area (Å²) in [6, 6.07) is 6.20. The molecule has 0 bridgehead atoms. The predicted molar refractivity (Wildman–Crippen MR) is 81.1 cm³/mol. The summed E-state index contributed by atoms with van der Waals surface area (Å²) in [6.07, 6.45) is 0.859. The van der Waals surface area contributed by atoms with E-state index in [2.05, 4.69) is 0 Å². The number of aldehydes is 1. The first-order valence-electron chi connectivity index (χ1n) is 7.50. The molecule has 1 heterocycles. The number of nitrogens with zero attached hydrogens (tertiary/aromatic N) is 1. The molecule has 1 N–H and O–H groups in total. The van der Waals surface area contributed by atoms with Crippen LogP contribution in [0.25, 0.3) is 0 Å².